The lowest BCUT2D eigenvalue weighted by Gasteiger charge is -2.39. The molecule has 0 aliphatic carbocycles. The topological polar surface area (TPSA) is 35.0 Å². The first-order valence-electron chi connectivity index (χ1n) is 8.09. The van der Waals surface area contributed by atoms with Crippen molar-refractivity contribution in [1.82, 2.24) is 6.15 Å². The lowest BCUT2D eigenvalue weighted by Crippen LogP contribution is -3.00. The van der Waals surface area contributed by atoms with E-state index in [0.29, 0.717) is 0 Å². The fourth-order valence-electron chi connectivity index (χ4n) is 2.64. The second kappa shape index (κ2) is 19.9. The highest BCUT2D eigenvalue weighted by Crippen LogP contribution is 2.16. The Bertz CT molecular complexity index is 129. The lowest BCUT2D eigenvalue weighted by atomic mass is 10.1. The predicted octanol–water partition coefficient (Wildman–Crippen LogP) is 2.75. The Kier molecular flexibility index (Phi) is 28.8. The molecule has 0 unspecified atom stereocenters. The third-order valence-corrected chi connectivity index (χ3v) is 3.94. The van der Waals surface area contributed by atoms with Crippen molar-refractivity contribution in [2.24, 2.45) is 0 Å². The number of hydrogen-bond donors (Lipinski definition) is 1. The molecule has 0 atom stereocenters. The van der Waals surface area contributed by atoms with E-state index in [1.807, 2.05) is 0 Å². The van der Waals surface area contributed by atoms with Crippen molar-refractivity contribution in [3.8, 4) is 0 Å². The molecule has 0 spiro atoms. The molecule has 0 bridgehead atoms. The molecule has 0 amide bonds. The molecule has 0 rings (SSSR count). The Labute approximate surface area is 149 Å². The third kappa shape index (κ3) is 13.8. The Morgan fingerprint density at radius 2 is 0.750 bits per heavy atom. The van der Waals surface area contributed by atoms with Gasteiger partial charge in [-0.2, -0.15) is 0 Å². The second-order valence-electron chi connectivity index (χ2n) is 5.65. The summed E-state index contributed by atoms with van der Waals surface area (Å²) < 4.78 is 1.42. The van der Waals surface area contributed by atoms with Crippen LogP contribution in [-0.2, 0) is 0 Å². The van der Waals surface area contributed by atoms with Gasteiger partial charge < -0.3 is 27.6 Å². The summed E-state index contributed by atoms with van der Waals surface area (Å²) in [6.45, 7) is 15.0. The monoisotopic (exact) mass is 418 g/mol. The average molecular weight is 420 g/mol. The van der Waals surface area contributed by atoms with E-state index >= 15 is 0 Å². The maximum Gasteiger partial charge on any atom is 0.0786 e. The minimum atomic E-state index is 0. The van der Waals surface area contributed by atoms with Crippen LogP contribution in [0.5, 0.6) is 0 Å². The highest BCUT2D eigenvalue weighted by atomic mass is 79.9. The number of quaternary nitrogens is 1. The van der Waals surface area contributed by atoms with E-state index in [9.17, 15) is 0 Å². The van der Waals surface area contributed by atoms with Crippen molar-refractivity contribution < 1.29 is 21.5 Å². The summed E-state index contributed by atoms with van der Waals surface area (Å²) in [4.78, 5) is 0. The predicted molar refractivity (Wildman–Crippen MR) is 94.7 cm³/mol. The van der Waals surface area contributed by atoms with Gasteiger partial charge in [0.05, 0.1) is 26.2 Å². The normalized spacial score (nSPS) is 10.2. The summed E-state index contributed by atoms with van der Waals surface area (Å²) in [5, 5.41) is 0. The zero-order valence-corrected chi connectivity index (χ0v) is 17.7. The molecule has 0 heterocycles. The van der Waals surface area contributed by atoms with Crippen LogP contribution in [0.15, 0.2) is 0 Å². The smallest absolute Gasteiger partial charge is 0.0786 e. The van der Waals surface area contributed by atoms with Crippen LogP contribution in [0.3, 0.4) is 0 Å². The van der Waals surface area contributed by atoms with Gasteiger partial charge in [0, 0.05) is 0 Å². The van der Waals surface area contributed by atoms with Crippen LogP contribution < -0.4 is 23.1 Å². The molecule has 20 heavy (non-hydrogen) atoms. The summed E-state index contributed by atoms with van der Waals surface area (Å²) >= 11 is 0. The third-order valence-electron chi connectivity index (χ3n) is 3.94. The summed E-state index contributed by atoms with van der Waals surface area (Å²) in [5.41, 5.74) is 0. The van der Waals surface area contributed by atoms with Gasteiger partial charge in [0.1, 0.15) is 0 Å². The Balaban J connectivity index is -0.000000427. The maximum absolute atomic E-state index is 2.33. The van der Waals surface area contributed by atoms with Crippen LogP contribution >= 0.6 is 17.0 Å². The van der Waals surface area contributed by atoms with E-state index < -0.39 is 0 Å². The van der Waals surface area contributed by atoms with Gasteiger partial charge in [-0.1, -0.05) is 53.4 Å². The van der Waals surface area contributed by atoms with Crippen molar-refractivity contribution in [1.29, 1.82) is 0 Å². The zero-order chi connectivity index (χ0) is 13.0. The fourth-order valence-corrected chi connectivity index (χ4v) is 2.64. The quantitative estimate of drug-likeness (QED) is 0.485. The van der Waals surface area contributed by atoms with Gasteiger partial charge in [-0.25, -0.2) is 0 Å². The molecular weight excluding hydrogens is 380 g/mol. The SMILES string of the molecule is Br.CCCC[N+](CCCC)(CCCC)CCCC.N.[Br-]. The summed E-state index contributed by atoms with van der Waals surface area (Å²) in [6, 6.07) is 0. The molecule has 0 radical (unpaired) electrons. The molecule has 0 aromatic carbocycles. The molecule has 0 fully saturated rings. The standard InChI is InChI=1S/C16H36N.2BrH.H3N/c1-5-9-13-17(14-10-6-2,15-11-7-3)16-12-8-4;;;/h5-16H2,1-4H3;2*1H;1H3/q+1;;;/p-1. The summed E-state index contributed by atoms with van der Waals surface area (Å²) in [6.07, 6.45) is 11.1. The van der Waals surface area contributed by atoms with Crippen molar-refractivity contribution in [2.45, 2.75) is 79.1 Å². The lowest BCUT2D eigenvalue weighted by molar-refractivity contribution is -0.929. The van der Waals surface area contributed by atoms with Gasteiger partial charge in [0.2, 0.25) is 0 Å². The molecule has 0 aliphatic heterocycles. The Hall–Kier alpha value is 0.880. The van der Waals surface area contributed by atoms with Crippen LogP contribution in [0.1, 0.15) is 79.1 Å². The largest absolute Gasteiger partial charge is 1.00 e. The molecule has 2 nitrogen and oxygen atoms in total. The Morgan fingerprint density at radius 3 is 0.900 bits per heavy atom. The second-order valence-corrected chi connectivity index (χ2v) is 5.65. The first-order valence-corrected chi connectivity index (χ1v) is 8.09. The molecule has 0 aliphatic rings. The van der Waals surface area contributed by atoms with Crippen molar-refractivity contribution in [3.05, 3.63) is 0 Å². The Morgan fingerprint density at radius 1 is 0.550 bits per heavy atom. The number of halogens is 2. The molecule has 0 aromatic rings. The number of hydrogen-bond acceptors (Lipinski definition) is 1. The van der Waals surface area contributed by atoms with Crippen LogP contribution in [0.4, 0.5) is 0 Å². The first-order chi connectivity index (χ1) is 8.24. The minimum Gasteiger partial charge on any atom is -1.00 e. The fraction of sp³-hybridized carbons (Fsp3) is 1.00. The zero-order valence-electron chi connectivity index (χ0n) is 14.4. The van der Waals surface area contributed by atoms with Gasteiger partial charge >= 0.3 is 0 Å². The van der Waals surface area contributed by atoms with Crippen LogP contribution in [-0.4, -0.2) is 30.7 Å². The summed E-state index contributed by atoms with van der Waals surface area (Å²) in [7, 11) is 0. The van der Waals surface area contributed by atoms with E-state index in [2.05, 4.69) is 27.7 Å². The molecule has 3 N–H and O–H groups in total. The molecule has 0 saturated heterocycles. The number of unbranched alkanes of at least 4 members (excludes halogenated alkanes) is 4. The van der Waals surface area contributed by atoms with Crippen LogP contribution in [0.25, 0.3) is 0 Å². The molecule has 0 saturated carbocycles. The van der Waals surface area contributed by atoms with Gasteiger partial charge in [0.25, 0.3) is 0 Å². The molecular formula is C16H40Br2N2. The van der Waals surface area contributed by atoms with Gasteiger partial charge in [-0.05, 0) is 25.7 Å². The van der Waals surface area contributed by atoms with Gasteiger partial charge in [-0.3, -0.25) is 0 Å². The van der Waals surface area contributed by atoms with Gasteiger partial charge in [0.15, 0.2) is 0 Å². The van der Waals surface area contributed by atoms with Crippen molar-refractivity contribution in [3.63, 3.8) is 0 Å². The van der Waals surface area contributed by atoms with Gasteiger partial charge in [-0.15, -0.1) is 17.0 Å². The highest BCUT2D eigenvalue weighted by Gasteiger charge is 2.24. The maximum atomic E-state index is 2.33. The molecule has 4 heteroatoms. The molecule has 0 aromatic heterocycles. The minimum absolute atomic E-state index is 0. The van der Waals surface area contributed by atoms with E-state index in [1.54, 1.807) is 0 Å². The van der Waals surface area contributed by atoms with E-state index in [4.69, 9.17) is 0 Å². The van der Waals surface area contributed by atoms with Crippen LogP contribution in [0.2, 0.25) is 0 Å². The highest BCUT2D eigenvalue weighted by molar-refractivity contribution is 8.93. The van der Waals surface area contributed by atoms with Crippen molar-refractivity contribution >= 4 is 17.0 Å². The number of nitrogens with zero attached hydrogens (tertiary/aromatic N) is 1. The van der Waals surface area contributed by atoms with E-state index in [1.165, 1.54) is 82.0 Å². The van der Waals surface area contributed by atoms with E-state index in [-0.39, 0.29) is 40.1 Å². The van der Waals surface area contributed by atoms with Crippen LogP contribution in [0, 0.1) is 0 Å². The number of rotatable bonds is 12. The van der Waals surface area contributed by atoms with E-state index in [0.717, 1.165) is 0 Å². The summed E-state index contributed by atoms with van der Waals surface area (Å²) in [5.74, 6) is 0. The first kappa shape index (κ1) is 29.0. The molecule has 128 valence electrons. The van der Waals surface area contributed by atoms with Crippen molar-refractivity contribution in [2.75, 3.05) is 26.2 Å². The average Bonchev–Trinajstić information content (AvgIpc) is 2.37.